The Balaban J connectivity index is 1.25. The number of halogens is 1. The Morgan fingerprint density at radius 3 is 1.37 bits per heavy atom. The Morgan fingerprint density at radius 2 is 0.789 bits per heavy atom. The fourth-order valence-electron chi connectivity index (χ4n) is 9.94. The van der Waals surface area contributed by atoms with E-state index in [2.05, 4.69) is 181 Å². The standard InChI is InChI=1S/C56H43F/c1-55(2,3)34-21-22-36-40-24-23-37(45-30-35(56(4,5)6)31-46(50(40)45)44(36)29-34)41-25-26-42-51-43(27-28-47(57)52(41)51)54-49(33-17-11-8-12-18-33)39-20-14-13-19-38(39)48(53(42)54)32-15-9-7-10-16-32/h7-31H,1-6H3. The van der Waals surface area contributed by atoms with Crippen molar-refractivity contribution in [2.24, 2.45) is 0 Å². The summed E-state index contributed by atoms with van der Waals surface area (Å²) in [5.41, 5.74) is 18.9. The van der Waals surface area contributed by atoms with Crippen LogP contribution in [0.15, 0.2) is 152 Å². The zero-order chi connectivity index (χ0) is 39.0. The second kappa shape index (κ2) is 11.9. The maximum atomic E-state index is 17.1. The summed E-state index contributed by atoms with van der Waals surface area (Å²) in [6, 6.07) is 54.8. The second-order valence-electron chi connectivity index (χ2n) is 18.2. The maximum absolute atomic E-state index is 17.1. The normalized spacial score (nSPS) is 12.8. The van der Waals surface area contributed by atoms with Crippen LogP contribution in [0.1, 0.15) is 52.7 Å². The largest absolute Gasteiger partial charge is 0.206 e. The monoisotopic (exact) mass is 734 g/mol. The molecule has 0 heterocycles. The molecule has 0 fully saturated rings. The van der Waals surface area contributed by atoms with Crippen molar-refractivity contribution < 1.29 is 4.39 Å². The highest BCUT2D eigenvalue weighted by molar-refractivity contribution is 6.30. The third kappa shape index (κ3) is 4.85. The van der Waals surface area contributed by atoms with E-state index in [1.165, 1.54) is 77.2 Å². The van der Waals surface area contributed by atoms with Gasteiger partial charge in [0.15, 0.2) is 0 Å². The Bertz CT molecular complexity index is 3080. The van der Waals surface area contributed by atoms with Crippen LogP contribution in [-0.4, -0.2) is 0 Å². The minimum atomic E-state index is -0.192. The fraction of sp³-hybridized carbons (Fsp3) is 0.143. The third-order valence-corrected chi connectivity index (χ3v) is 12.7. The van der Waals surface area contributed by atoms with Crippen LogP contribution in [0.2, 0.25) is 0 Å². The average Bonchev–Trinajstić information content (AvgIpc) is 3.71. The Hall–Kier alpha value is -6.31. The van der Waals surface area contributed by atoms with Crippen LogP contribution in [0.3, 0.4) is 0 Å². The number of rotatable bonds is 3. The van der Waals surface area contributed by atoms with Gasteiger partial charge in [-0.05, 0) is 146 Å². The molecule has 9 aromatic carbocycles. The van der Waals surface area contributed by atoms with Gasteiger partial charge in [-0.25, -0.2) is 4.39 Å². The molecule has 0 amide bonds. The number of benzene rings is 9. The van der Waals surface area contributed by atoms with Crippen molar-refractivity contribution >= 4 is 32.3 Å². The van der Waals surface area contributed by atoms with Gasteiger partial charge in [-0.2, -0.15) is 0 Å². The summed E-state index contributed by atoms with van der Waals surface area (Å²) >= 11 is 0. The maximum Gasteiger partial charge on any atom is 0.131 e. The summed E-state index contributed by atoms with van der Waals surface area (Å²) in [5, 5.41) is 6.51. The predicted molar refractivity (Wildman–Crippen MR) is 241 cm³/mol. The van der Waals surface area contributed by atoms with E-state index < -0.39 is 0 Å². The molecule has 9 aromatic rings. The highest BCUT2D eigenvalue weighted by atomic mass is 19.1. The van der Waals surface area contributed by atoms with Crippen molar-refractivity contribution in [3.63, 3.8) is 0 Å². The Morgan fingerprint density at radius 1 is 0.316 bits per heavy atom. The molecule has 11 rings (SSSR count). The van der Waals surface area contributed by atoms with Crippen LogP contribution in [0.5, 0.6) is 0 Å². The van der Waals surface area contributed by atoms with Crippen LogP contribution >= 0.6 is 0 Å². The van der Waals surface area contributed by atoms with Gasteiger partial charge in [-0.15, -0.1) is 0 Å². The zero-order valence-corrected chi connectivity index (χ0v) is 33.3. The van der Waals surface area contributed by atoms with Gasteiger partial charge in [0.05, 0.1) is 0 Å². The molecule has 274 valence electrons. The minimum absolute atomic E-state index is 0.0298. The van der Waals surface area contributed by atoms with E-state index in [0.717, 1.165) is 38.8 Å². The van der Waals surface area contributed by atoms with Gasteiger partial charge in [0, 0.05) is 10.8 Å². The zero-order valence-electron chi connectivity index (χ0n) is 33.3. The summed E-state index contributed by atoms with van der Waals surface area (Å²) in [6.07, 6.45) is 0. The average molecular weight is 735 g/mol. The molecule has 0 spiro atoms. The topological polar surface area (TPSA) is 0 Å². The van der Waals surface area contributed by atoms with E-state index in [0.29, 0.717) is 5.39 Å². The molecular formula is C56H43F. The molecule has 0 unspecified atom stereocenters. The van der Waals surface area contributed by atoms with E-state index in [4.69, 9.17) is 0 Å². The second-order valence-corrected chi connectivity index (χ2v) is 18.2. The van der Waals surface area contributed by atoms with Crippen molar-refractivity contribution in [1.82, 2.24) is 0 Å². The minimum Gasteiger partial charge on any atom is -0.206 e. The first-order valence-electron chi connectivity index (χ1n) is 20.2. The predicted octanol–water partition coefficient (Wildman–Crippen LogP) is 16.2. The van der Waals surface area contributed by atoms with Crippen molar-refractivity contribution in [2.75, 3.05) is 0 Å². The van der Waals surface area contributed by atoms with Gasteiger partial charge < -0.3 is 0 Å². The van der Waals surface area contributed by atoms with Gasteiger partial charge >= 0.3 is 0 Å². The summed E-state index contributed by atoms with van der Waals surface area (Å²) in [6.45, 7) is 13.7. The van der Waals surface area contributed by atoms with Crippen LogP contribution in [-0.2, 0) is 10.8 Å². The molecule has 0 saturated carbocycles. The Kier molecular flexibility index (Phi) is 7.07. The summed E-state index contributed by atoms with van der Waals surface area (Å²) in [7, 11) is 0. The van der Waals surface area contributed by atoms with Crippen molar-refractivity contribution in [3.05, 3.63) is 169 Å². The van der Waals surface area contributed by atoms with Crippen molar-refractivity contribution in [2.45, 2.75) is 52.4 Å². The molecule has 1 heteroatoms. The molecule has 0 nitrogen and oxygen atoms in total. The SMILES string of the molecule is CC(C)(C)c1ccc2c(c1)-c1cc(C(C)(C)C)cc3c(-c4ccc5c6c(ccc(F)c46)-c4c-5c(-c5ccccc5)c5ccccc5c4-c4ccccc4)ccc-2c13. The molecule has 0 atom stereocenters. The van der Waals surface area contributed by atoms with E-state index in [9.17, 15) is 0 Å². The first kappa shape index (κ1) is 34.0. The number of hydrogen-bond acceptors (Lipinski definition) is 0. The molecule has 57 heavy (non-hydrogen) atoms. The van der Waals surface area contributed by atoms with Gasteiger partial charge in [-0.1, -0.05) is 169 Å². The molecule has 0 N–H and O–H groups in total. The summed E-state index contributed by atoms with van der Waals surface area (Å²) < 4.78 is 17.1. The van der Waals surface area contributed by atoms with Crippen molar-refractivity contribution in [3.8, 4) is 77.9 Å². The van der Waals surface area contributed by atoms with Gasteiger partial charge in [0.25, 0.3) is 0 Å². The van der Waals surface area contributed by atoms with E-state index in [1.54, 1.807) is 6.07 Å². The molecule has 0 aliphatic heterocycles. The smallest absolute Gasteiger partial charge is 0.131 e. The van der Waals surface area contributed by atoms with E-state index in [-0.39, 0.29) is 16.6 Å². The molecule has 2 aliphatic rings. The molecule has 0 aromatic heterocycles. The van der Waals surface area contributed by atoms with Gasteiger partial charge in [0.1, 0.15) is 5.82 Å². The van der Waals surface area contributed by atoms with Crippen LogP contribution in [0.4, 0.5) is 4.39 Å². The fourth-order valence-corrected chi connectivity index (χ4v) is 9.94. The molecule has 0 radical (unpaired) electrons. The quantitative estimate of drug-likeness (QED) is 0.170. The lowest BCUT2D eigenvalue weighted by Crippen LogP contribution is -2.11. The lowest BCUT2D eigenvalue weighted by atomic mass is 9.82. The summed E-state index contributed by atoms with van der Waals surface area (Å²) in [4.78, 5) is 0. The van der Waals surface area contributed by atoms with E-state index in [1.807, 2.05) is 6.07 Å². The number of hydrogen-bond donors (Lipinski definition) is 0. The highest BCUT2D eigenvalue weighted by Gasteiger charge is 2.33. The number of fused-ring (bicyclic) bond motifs is 7. The first-order chi connectivity index (χ1) is 27.5. The van der Waals surface area contributed by atoms with Gasteiger partial charge in [-0.3, -0.25) is 0 Å². The molecule has 2 aliphatic carbocycles. The molecule has 0 saturated heterocycles. The van der Waals surface area contributed by atoms with E-state index >= 15 is 4.39 Å². The lowest BCUT2D eigenvalue weighted by molar-refractivity contribution is 0.590. The van der Waals surface area contributed by atoms with Crippen LogP contribution in [0, 0.1) is 5.82 Å². The summed E-state index contributed by atoms with van der Waals surface area (Å²) in [5.74, 6) is -0.192. The van der Waals surface area contributed by atoms with Crippen LogP contribution < -0.4 is 0 Å². The highest BCUT2D eigenvalue weighted by Crippen LogP contribution is 2.60. The van der Waals surface area contributed by atoms with Crippen LogP contribution in [0.25, 0.3) is 110 Å². The molecule has 0 bridgehead atoms. The Labute approximate surface area is 334 Å². The third-order valence-electron chi connectivity index (χ3n) is 12.7. The first-order valence-corrected chi connectivity index (χ1v) is 20.2. The van der Waals surface area contributed by atoms with Gasteiger partial charge in [0.2, 0.25) is 0 Å². The van der Waals surface area contributed by atoms with Crippen molar-refractivity contribution in [1.29, 1.82) is 0 Å². The molecular weight excluding hydrogens is 692 g/mol. The lowest BCUT2D eigenvalue weighted by Gasteiger charge is -2.22.